The lowest BCUT2D eigenvalue weighted by atomic mass is 9.81. The van der Waals surface area contributed by atoms with E-state index in [1.165, 1.54) is 27.0 Å². The van der Waals surface area contributed by atoms with Crippen LogP contribution in [0.4, 0.5) is 5.13 Å². The molecule has 1 aliphatic rings. The predicted molar refractivity (Wildman–Crippen MR) is 96.8 cm³/mol. The van der Waals surface area contributed by atoms with Crippen molar-refractivity contribution in [1.29, 1.82) is 0 Å². The molecule has 24 heavy (non-hydrogen) atoms. The molecule has 0 saturated carbocycles. The molecule has 3 aromatic rings. The molecule has 2 heterocycles. The first kappa shape index (κ1) is 15.3. The van der Waals surface area contributed by atoms with Crippen molar-refractivity contribution in [2.24, 2.45) is 5.92 Å². The number of hydrogen-bond donors (Lipinski definition) is 1. The first-order valence-electron chi connectivity index (χ1n) is 8.40. The van der Waals surface area contributed by atoms with Crippen LogP contribution in [0.5, 0.6) is 0 Å². The van der Waals surface area contributed by atoms with Crippen LogP contribution in [0.15, 0.2) is 35.1 Å². The van der Waals surface area contributed by atoms with E-state index >= 15 is 0 Å². The van der Waals surface area contributed by atoms with Crippen LogP contribution in [-0.2, 0) is 12.8 Å². The maximum absolute atomic E-state index is 12.2. The third kappa shape index (κ3) is 2.60. The van der Waals surface area contributed by atoms with Crippen LogP contribution in [0.25, 0.3) is 4.96 Å². The monoisotopic (exact) mass is 340 g/mol. The van der Waals surface area contributed by atoms with Crippen LogP contribution in [-0.4, -0.2) is 14.6 Å². The second kappa shape index (κ2) is 6.02. The molecule has 0 bridgehead atoms. The lowest BCUT2D eigenvalue weighted by Crippen LogP contribution is -2.25. The van der Waals surface area contributed by atoms with Gasteiger partial charge in [0, 0.05) is 11.8 Å². The number of aryl methyl sites for hydroxylation is 2. The molecule has 0 aliphatic heterocycles. The Morgan fingerprint density at radius 3 is 3.04 bits per heavy atom. The third-order valence-electron chi connectivity index (χ3n) is 4.77. The number of rotatable bonds is 3. The van der Waals surface area contributed by atoms with Gasteiger partial charge in [-0.1, -0.05) is 49.4 Å². The highest BCUT2D eigenvalue weighted by Gasteiger charge is 2.27. The van der Waals surface area contributed by atoms with Crippen LogP contribution < -0.4 is 10.9 Å². The lowest BCUT2D eigenvalue weighted by Gasteiger charge is -2.31. The predicted octanol–water partition coefficient (Wildman–Crippen LogP) is 3.45. The molecule has 4 rings (SSSR count). The number of aromatic nitrogens is 3. The van der Waals surface area contributed by atoms with Gasteiger partial charge in [-0.15, -0.1) is 5.10 Å². The van der Waals surface area contributed by atoms with Crippen molar-refractivity contribution in [3.63, 3.8) is 0 Å². The van der Waals surface area contributed by atoms with Crippen LogP contribution in [0, 0.1) is 5.92 Å². The maximum atomic E-state index is 12.2. The molecule has 0 fully saturated rings. The summed E-state index contributed by atoms with van der Waals surface area (Å²) in [5, 5.41) is 8.74. The summed E-state index contributed by atoms with van der Waals surface area (Å²) in [6.45, 7) is 4.26. The number of nitrogens with zero attached hydrogens (tertiary/aromatic N) is 3. The van der Waals surface area contributed by atoms with Gasteiger partial charge in [-0.05, 0) is 36.3 Å². The second-order valence-corrected chi connectivity index (χ2v) is 7.33. The molecule has 0 spiro atoms. The van der Waals surface area contributed by atoms with Crippen molar-refractivity contribution in [2.45, 2.75) is 39.2 Å². The number of hydrogen-bond acceptors (Lipinski definition) is 5. The first-order valence-corrected chi connectivity index (χ1v) is 9.21. The van der Waals surface area contributed by atoms with E-state index in [0.717, 1.165) is 30.1 Å². The van der Waals surface area contributed by atoms with Crippen molar-refractivity contribution >= 4 is 21.4 Å². The molecular formula is C18H20N4OS. The zero-order valence-electron chi connectivity index (χ0n) is 13.8. The molecule has 1 aliphatic carbocycles. The highest BCUT2D eigenvalue weighted by molar-refractivity contribution is 7.20. The minimum atomic E-state index is -0.113. The fourth-order valence-electron chi connectivity index (χ4n) is 3.37. The fourth-order valence-corrected chi connectivity index (χ4v) is 4.23. The first-order chi connectivity index (χ1) is 11.7. The average molecular weight is 340 g/mol. The summed E-state index contributed by atoms with van der Waals surface area (Å²) >= 11 is 1.44. The Morgan fingerprint density at radius 2 is 2.21 bits per heavy atom. The van der Waals surface area contributed by atoms with E-state index in [1.807, 2.05) is 6.92 Å². The van der Waals surface area contributed by atoms with Crippen LogP contribution in [0.3, 0.4) is 0 Å². The van der Waals surface area contributed by atoms with Crippen molar-refractivity contribution in [3.05, 3.63) is 57.5 Å². The topological polar surface area (TPSA) is 59.3 Å². The van der Waals surface area contributed by atoms with Gasteiger partial charge in [0.05, 0.1) is 6.04 Å². The fraction of sp³-hybridized carbons (Fsp3) is 0.389. The largest absolute Gasteiger partial charge is 0.353 e. The summed E-state index contributed by atoms with van der Waals surface area (Å²) < 4.78 is 1.39. The summed E-state index contributed by atoms with van der Waals surface area (Å²) in [6, 6.07) is 10.4. The van der Waals surface area contributed by atoms with Gasteiger partial charge in [0.25, 0.3) is 5.56 Å². The summed E-state index contributed by atoms with van der Waals surface area (Å²) in [5.74, 6) is 0.516. The van der Waals surface area contributed by atoms with Gasteiger partial charge in [-0.25, -0.2) is 4.98 Å². The number of anilines is 1. The SMILES string of the molecule is CCc1cc(=O)n2nc(NC3c4ccccc4CCC3C)sc2n1. The minimum absolute atomic E-state index is 0.113. The Labute approximate surface area is 144 Å². The van der Waals surface area contributed by atoms with Crippen LogP contribution in [0.2, 0.25) is 0 Å². The number of nitrogens with one attached hydrogen (secondary N) is 1. The van der Waals surface area contributed by atoms with Gasteiger partial charge in [-0.2, -0.15) is 4.52 Å². The minimum Gasteiger partial charge on any atom is -0.353 e. The Kier molecular flexibility index (Phi) is 3.84. The van der Waals surface area contributed by atoms with E-state index in [0.29, 0.717) is 10.9 Å². The Morgan fingerprint density at radius 1 is 1.38 bits per heavy atom. The zero-order valence-corrected chi connectivity index (χ0v) is 14.6. The molecule has 1 aromatic carbocycles. The molecule has 2 unspecified atom stereocenters. The highest BCUT2D eigenvalue weighted by atomic mass is 32.1. The van der Waals surface area contributed by atoms with Crippen LogP contribution in [0.1, 0.15) is 43.1 Å². The molecule has 5 nitrogen and oxygen atoms in total. The van der Waals surface area contributed by atoms with Crippen molar-refractivity contribution in [2.75, 3.05) is 5.32 Å². The zero-order chi connectivity index (χ0) is 16.7. The molecule has 2 atom stereocenters. The molecule has 124 valence electrons. The number of fused-ring (bicyclic) bond motifs is 2. The summed E-state index contributed by atoms with van der Waals surface area (Å²) in [5.41, 5.74) is 3.44. The molecule has 1 N–H and O–H groups in total. The van der Waals surface area contributed by atoms with Crippen molar-refractivity contribution in [3.8, 4) is 0 Å². The van der Waals surface area contributed by atoms with E-state index in [-0.39, 0.29) is 11.6 Å². The molecule has 0 radical (unpaired) electrons. The molecule has 0 saturated heterocycles. The third-order valence-corrected chi connectivity index (χ3v) is 5.61. The highest BCUT2D eigenvalue weighted by Crippen LogP contribution is 2.37. The van der Waals surface area contributed by atoms with Crippen molar-refractivity contribution < 1.29 is 0 Å². The normalized spacial score (nSPS) is 20.1. The number of benzene rings is 1. The van der Waals surface area contributed by atoms with E-state index < -0.39 is 0 Å². The standard InChI is InChI=1S/C18H20N4OS/c1-3-13-10-15(23)22-18(19-13)24-17(21-22)20-16-11(2)8-9-12-6-4-5-7-14(12)16/h4-7,10-11,16H,3,8-9H2,1-2H3,(H,20,21). The molecule has 6 heteroatoms. The lowest BCUT2D eigenvalue weighted by molar-refractivity contribution is 0.434. The van der Waals surface area contributed by atoms with Gasteiger partial charge < -0.3 is 5.32 Å². The second-order valence-electron chi connectivity index (χ2n) is 6.38. The van der Waals surface area contributed by atoms with Gasteiger partial charge in [0.1, 0.15) is 0 Å². The van der Waals surface area contributed by atoms with E-state index in [9.17, 15) is 4.79 Å². The van der Waals surface area contributed by atoms with E-state index in [2.05, 4.69) is 46.6 Å². The molecular weight excluding hydrogens is 320 g/mol. The van der Waals surface area contributed by atoms with Gasteiger partial charge >= 0.3 is 0 Å². The quantitative estimate of drug-likeness (QED) is 0.793. The maximum Gasteiger partial charge on any atom is 0.275 e. The van der Waals surface area contributed by atoms with E-state index in [1.54, 1.807) is 6.07 Å². The smallest absolute Gasteiger partial charge is 0.275 e. The average Bonchev–Trinajstić information content (AvgIpc) is 3.00. The van der Waals surface area contributed by atoms with Gasteiger partial charge in [0.2, 0.25) is 10.1 Å². The van der Waals surface area contributed by atoms with Gasteiger partial charge in [0.15, 0.2) is 0 Å². The summed E-state index contributed by atoms with van der Waals surface area (Å²) in [6.07, 6.45) is 3.02. The Balaban J connectivity index is 1.72. The Hall–Kier alpha value is -2.21. The Bertz CT molecular complexity index is 946. The summed E-state index contributed by atoms with van der Waals surface area (Å²) in [7, 11) is 0. The van der Waals surface area contributed by atoms with Crippen LogP contribution >= 0.6 is 11.3 Å². The molecule has 0 amide bonds. The van der Waals surface area contributed by atoms with Gasteiger partial charge in [-0.3, -0.25) is 4.79 Å². The summed E-state index contributed by atoms with van der Waals surface area (Å²) in [4.78, 5) is 17.3. The van der Waals surface area contributed by atoms with E-state index in [4.69, 9.17) is 0 Å². The van der Waals surface area contributed by atoms with Crippen molar-refractivity contribution in [1.82, 2.24) is 14.6 Å². The molecule has 2 aromatic heterocycles.